The molecule has 3 heteroatoms. The summed E-state index contributed by atoms with van der Waals surface area (Å²) in [6, 6.07) is 0.455. The van der Waals surface area contributed by atoms with Crippen molar-refractivity contribution >= 4 is 5.91 Å². The van der Waals surface area contributed by atoms with Gasteiger partial charge in [-0.15, -0.1) is 0 Å². The predicted octanol–water partition coefficient (Wildman–Crippen LogP) is 1.82. The second-order valence-electron chi connectivity index (χ2n) is 5.24. The molecular weight excluding hydrogens is 200 g/mol. The normalized spacial score (nSPS) is 28.4. The van der Waals surface area contributed by atoms with Gasteiger partial charge in [0, 0.05) is 12.6 Å². The van der Waals surface area contributed by atoms with Gasteiger partial charge in [0.1, 0.15) is 0 Å². The number of hydrogen-bond acceptors (Lipinski definition) is 2. The van der Waals surface area contributed by atoms with Crippen molar-refractivity contribution in [2.24, 2.45) is 5.92 Å². The van der Waals surface area contributed by atoms with Gasteiger partial charge in [-0.25, -0.2) is 0 Å². The zero-order chi connectivity index (χ0) is 11.2. The van der Waals surface area contributed by atoms with E-state index in [1.165, 1.54) is 38.5 Å². The van der Waals surface area contributed by atoms with Gasteiger partial charge in [0.15, 0.2) is 0 Å². The first kappa shape index (κ1) is 11.9. The van der Waals surface area contributed by atoms with E-state index in [-0.39, 0.29) is 5.92 Å². The lowest BCUT2D eigenvalue weighted by Gasteiger charge is -2.25. The smallest absolute Gasteiger partial charge is 0.224 e. The van der Waals surface area contributed by atoms with Gasteiger partial charge in [-0.3, -0.25) is 4.79 Å². The largest absolute Gasteiger partial charge is 0.353 e. The maximum absolute atomic E-state index is 12.0. The Morgan fingerprint density at radius 3 is 2.38 bits per heavy atom. The van der Waals surface area contributed by atoms with Crippen molar-refractivity contribution in [2.75, 3.05) is 13.1 Å². The highest BCUT2D eigenvalue weighted by molar-refractivity contribution is 5.79. The van der Waals surface area contributed by atoms with Gasteiger partial charge in [0.25, 0.3) is 0 Å². The Kier molecular flexibility index (Phi) is 4.64. The molecule has 2 N–H and O–H groups in total. The lowest BCUT2D eigenvalue weighted by atomic mass is 9.98. The third kappa shape index (κ3) is 3.48. The molecule has 1 saturated carbocycles. The minimum atomic E-state index is 0.219. The minimum absolute atomic E-state index is 0.219. The highest BCUT2D eigenvalue weighted by atomic mass is 16.2. The second kappa shape index (κ2) is 6.24. The van der Waals surface area contributed by atoms with E-state index in [2.05, 4.69) is 10.6 Å². The van der Waals surface area contributed by atoms with Gasteiger partial charge in [0.2, 0.25) is 5.91 Å². The van der Waals surface area contributed by atoms with E-state index in [1.807, 2.05) is 0 Å². The number of carbonyl (C=O) groups excluding carboxylic acids is 1. The fraction of sp³-hybridized carbons (Fsp3) is 0.923. The van der Waals surface area contributed by atoms with E-state index >= 15 is 0 Å². The lowest BCUT2D eigenvalue weighted by Crippen LogP contribution is -2.44. The number of rotatable bonds is 2. The van der Waals surface area contributed by atoms with Gasteiger partial charge in [-0.1, -0.05) is 25.7 Å². The van der Waals surface area contributed by atoms with Crippen LogP contribution >= 0.6 is 0 Å². The molecule has 0 unspecified atom stereocenters. The van der Waals surface area contributed by atoms with Crippen LogP contribution in [0.1, 0.15) is 51.4 Å². The van der Waals surface area contributed by atoms with Crippen LogP contribution in [0.5, 0.6) is 0 Å². The summed E-state index contributed by atoms with van der Waals surface area (Å²) in [4.78, 5) is 12.0. The maximum atomic E-state index is 12.0. The molecule has 0 aromatic carbocycles. The summed E-state index contributed by atoms with van der Waals surface area (Å²) in [7, 11) is 0. The summed E-state index contributed by atoms with van der Waals surface area (Å²) in [5.41, 5.74) is 0. The predicted molar refractivity (Wildman–Crippen MR) is 65.2 cm³/mol. The van der Waals surface area contributed by atoms with E-state index in [1.54, 1.807) is 0 Å². The summed E-state index contributed by atoms with van der Waals surface area (Å²) < 4.78 is 0. The van der Waals surface area contributed by atoms with Gasteiger partial charge in [-0.2, -0.15) is 0 Å². The third-order valence-corrected chi connectivity index (χ3v) is 3.87. The molecule has 1 amide bonds. The molecule has 0 radical (unpaired) electrons. The zero-order valence-corrected chi connectivity index (χ0v) is 10.1. The number of amides is 1. The quantitative estimate of drug-likeness (QED) is 0.703. The molecule has 1 aliphatic carbocycles. The van der Waals surface area contributed by atoms with Crippen molar-refractivity contribution in [2.45, 2.75) is 57.4 Å². The summed E-state index contributed by atoms with van der Waals surface area (Å²) in [6.45, 7) is 1.95. The number of hydrogen-bond donors (Lipinski definition) is 2. The van der Waals surface area contributed by atoms with E-state index in [4.69, 9.17) is 0 Å². The average Bonchev–Trinajstić information content (AvgIpc) is 2.59. The van der Waals surface area contributed by atoms with Crippen LogP contribution in [0.15, 0.2) is 0 Å². The monoisotopic (exact) mass is 224 g/mol. The molecule has 3 nitrogen and oxygen atoms in total. The van der Waals surface area contributed by atoms with Crippen LogP contribution in [-0.4, -0.2) is 25.0 Å². The van der Waals surface area contributed by atoms with Crippen LogP contribution in [0.25, 0.3) is 0 Å². The molecular formula is C13H24N2O. The molecule has 1 heterocycles. The summed E-state index contributed by atoms with van der Waals surface area (Å²) >= 11 is 0. The van der Waals surface area contributed by atoms with E-state index < -0.39 is 0 Å². The average molecular weight is 224 g/mol. The molecule has 2 fully saturated rings. The van der Waals surface area contributed by atoms with Gasteiger partial charge < -0.3 is 10.6 Å². The van der Waals surface area contributed by atoms with E-state index in [9.17, 15) is 4.79 Å². The van der Waals surface area contributed by atoms with Crippen molar-refractivity contribution < 1.29 is 4.79 Å². The van der Waals surface area contributed by atoms with Crippen molar-refractivity contribution in [1.29, 1.82) is 0 Å². The van der Waals surface area contributed by atoms with Crippen LogP contribution in [0.2, 0.25) is 0 Å². The summed E-state index contributed by atoms with van der Waals surface area (Å²) in [6.07, 6.45) is 9.84. The number of piperidine rings is 1. The fourth-order valence-electron chi connectivity index (χ4n) is 2.82. The first-order valence-corrected chi connectivity index (χ1v) is 6.87. The molecule has 1 saturated heterocycles. The van der Waals surface area contributed by atoms with Crippen molar-refractivity contribution in [3.05, 3.63) is 0 Å². The molecule has 2 aliphatic rings. The first-order chi connectivity index (χ1) is 7.86. The Hall–Kier alpha value is -0.570. The zero-order valence-electron chi connectivity index (χ0n) is 10.1. The van der Waals surface area contributed by atoms with E-state index in [0.717, 1.165) is 25.9 Å². The van der Waals surface area contributed by atoms with Crippen LogP contribution in [0.3, 0.4) is 0 Å². The van der Waals surface area contributed by atoms with Gasteiger partial charge in [0.05, 0.1) is 5.92 Å². The topological polar surface area (TPSA) is 41.1 Å². The Morgan fingerprint density at radius 1 is 1.00 bits per heavy atom. The van der Waals surface area contributed by atoms with Gasteiger partial charge >= 0.3 is 0 Å². The summed E-state index contributed by atoms with van der Waals surface area (Å²) in [5.74, 6) is 0.510. The molecule has 92 valence electrons. The van der Waals surface area contributed by atoms with Crippen molar-refractivity contribution in [3.8, 4) is 0 Å². The van der Waals surface area contributed by atoms with Crippen molar-refractivity contribution in [3.63, 3.8) is 0 Å². The molecule has 0 bridgehead atoms. The first-order valence-electron chi connectivity index (χ1n) is 6.87. The highest BCUT2D eigenvalue weighted by Gasteiger charge is 2.23. The number of carbonyl (C=O) groups is 1. The molecule has 1 aliphatic heterocycles. The minimum Gasteiger partial charge on any atom is -0.353 e. The SMILES string of the molecule is O=C(NC1CCCCCC1)[C@@H]1CCCNC1. The maximum Gasteiger partial charge on any atom is 0.224 e. The van der Waals surface area contributed by atoms with Crippen LogP contribution in [0, 0.1) is 5.92 Å². The Morgan fingerprint density at radius 2 is 1.75 bits per heavy atom. The van der Waals surface area contributed by atoms with E-state index in [0.29, 0.717) is 11.9 Å². The second-order valence-corrected chi connectivity index (χ2v) is 5.24. The molecule has 1 atom stereocenters. The molecule has 16 heavy (non-hydrogen) atoms. The molecule has 0 aromatic rings. The van der Waals surface area contributed by atoms with Crippen LogP contribution in [0.4, 0.5) is 0 Å². The molecule has 0 aromatic heterocycles. The Balaban J connectivity index is 1.76. The number of nitrogens with one attached hydrogen (secondary N) is 2. The van der Waals surface area contributed by atoms with Gasteiger partial charge in [-0.05, 0) is 32.2 Å². The molecule has 0 spiro atoms. The highest BCUT2D eigenvalue weighted by Crippen LogP contribution is 2.18. The molecule has 2 rings (SSSR count). The Labute approximate surface area is 98.4 Å². The fourth-order valence-corrected chi connectivity index (χ4v) is 2.82. The van der Waals surface area contributed by atoms with Crippen LogP contribution < -0.4 is 10.6 Å². The van der Waals surface area contributed by atoms with Crippen LogP contribution in [-0.2, 0) is 4.79 Å². The van der Waals surface area contributed by atoms with Crippen molar-refractivity contribution in [1.82, 2.24) is 10.6 Å². The lowest BCUT2D eigenvalue weighted by molar-refractivity contribution is -0.126. The standard InChI is InChI=1S/C13H24N2O/c16-13(11-6-5-9-14-10-11)15-12-7-3-1-2-4-8-12/h11-12,14H,1-10H2,(H,15,16)/t11-/m1/s1. The third-order valence-electron chi connectivity index (χ3n) is 3.87. The Bertz CT molecular complexity index is 216. The summed E-state index contributed by atoms with van der Waals surface area (Å²) in [5, 5.41) is 6.55.